The number of rotatable bonds is 5. The van der Waals surface area contributed by atoms with Crippen molar-refractivity contribution >= 4 is 15.9 Å². The van der Waals surface area contributed by atoms with Crippen molar-refractivity contribution < 1.29 is 0 Å². The molecule has 0 radical (unpaired) electrons. The van der Waals surface area contributed by atoms with E-state index in [0.717, 1.165) is 18.9 Å². The number of halogens is 1. The van der Waals surface area contributed by atoms with Crippen LogP contribution in [0.1, 0.15) is 31.7 Å². The second-order valence-electron chi connectivity index (χ2n) is 4.65. The smallest absolute Gasteiger partial charge is 0.0207 e. The zero-order valence-electron chi connectivity index (χ0n) is 9.88. The highest BCUT2D eigenvalue weighted by Gasteiger charge is 2.26. The Balaban J connectivity index is 2.01. The molecule has 2 rings (SSSR count). The molecular weight excluding hydrogens is 262 g/mol. The van der Waals surface area contributed by atoms with Crippen molar-refractivity contribution in [3.05, 3.63) is 34.3 Å². The Kier molecular flexibility index (Phi) is 4.42. The van der Waals surface area contributed by atoms with Gasteiger partial charge in [0, 0.05) is 10.5 Å². The maximum Gasteiger partial charge on any atom is 0.0207 e. The Morgan fingerprint density at radius 3 is 2.69 bits per heavy atom. The van der Waals surface area contributed by atoms with Crippen LogP contribution in [-0.2, 0) is 6.42 Å². The van der Waals surface area contributed by atoms with Crippen LogP contribution >= 0.6 is 15.9 Å². The lowest BCUT2D eigenvalue weighted by atomic mass is 9.77. The van der Waals surface area contributed by atoms with E-state index in [9.17, 15) is 0 Å². The lowest BCUT2D eigenvalue weighted by Gasteiger charge is -2.34. The first-order valence-corrected chi connectivity index (χ1v) is 7.07. The SMILES string of the molecule is CCNC(Cc1ccccc1Br)C1CCC1. The maximum absolute atomic E-state index is 3.64. The van der Waals surface area contributed by atoms with Gasteiger partial charge in [0.15, 0.2) is 0 Å². The molecule has 1 aromatic carbocycles. The van der Waals surface area contributed by atoms with E-state index >= 15 is 0 Å². The van der Waals surface area contributed by atoms with E-state index < -0.39 is 0 Å². The summed E-state index contributed by atoms with van der Waals surface area (Å²) < 4.78 is 1.25. The lowest BCUT2D eigenvalue weighted by Crippen LogP contribution is -2.41. The first-order valence-electron chi connectivity index (χ1n) is 6.28. The van der Waals surface area contributed by atoms with Crippen molar-refractivity contribution in [2.24, 2.45) is 5.92 Å². The quantitative estimate of drug-likeness (QED) is 0.867. The average molecular weight is 282 g/mol. The molecule has 88 valence electrons. The molecule has 0 heterocycles. The van der Waals surface area contributed by atoms with Gasteiger partial charge in [0.05, 0.1) is 0 Å². The molecule has 1 saturated carbocycles. The normalized spacial score (nSPS) is 18.1. The number of benzene rings is 1. The lowest BCUT2D eigenvalue weighted by molar-refractivity contribution is 0.229. The predicted octanol–water partition coefficient (Wildman–Crippen LogP) is 3.77. The van der Waals surface area contributed by atoms with E-state index in [-0.39, 0.29) is 0 Å². The third kappa shape index (κ3) is 2.86. The van der Waals surface area contributed by atoms with Crippen molar-refractivity contribution in [2.75, 3.05) is 6.54 Å². The summed E-state index contributed by atoms with van der Waals surface area (Å²) in [5, 5.41) is 3.64. The van der Waals surface area contributed by atoms with Crippen LogP contribution in [0.5, 0.6) is 0 Å². The van der Waals surface area contributed by atoms with Gasteiger partial charge in [-0.1, -0.05) is 47.5 Å². The van der Waals surface area contributed by atoms with Crippen LogP contribution in [0.15, 0.2) is 28.7 Å². The first-order chi connectivity index (χ1) is 7.81. The Bertz CT molecular complexity index is 333. The highest BCUT2D eigenvalue weighted by molar-refractivity contribution is 9.10. The van der Waals surface area contributed by atoms with Gasteiger partial charge < -0.3 is 5.32 Å². The van der Waals surface area contributed by atoms with Gasteiger partial charge in [0.25, 0.3) is 0 Å². The molecule has 1 nitrogen and oxygen atoms in total. The summed E-state index contributed by atoms with van der Waals surface area (Å²) in [6.45, 7) is 3.28. The van der Waals surface area contributed by atoms with Gasteiger partial charge in [0.1, 0.15) is 0 Å². The number of hydrogen-bond donors (Lipinski definition) is 1. The second kappa shape index (κ2) is 5.83. The molecule has 0 saturated heterocycles. The summed E-state index contributed by atoms with van der Waals surface area (Å²) in [4.78, 5) is 0. The minimum absolute atomic E-state index is 0.664. The van der Waals surface area contributed by atoms with E-state index in [2.05, 4.69) is 52.4 Å². The molecule has 0 aromatic heterocycles. The van der Waals surface area contributed by atoms with Crippen LogP contribution in [0.3, 0.4) is 0 Å². The molecule has 2 heteroatoms. The molecular formula is C14H20BrN. The van der Waals surface area contributed by atoms with Crippen molar-refractivity contribution in [3.63, 3.8) is 0 Å². The zero-order chi connectivity index (χ0) is 11.4. The van der Waals surface area contributed by atoms with Crippen molar-refractivity contribution in [1.82, 2.24) is 5.32 Å². The summed E-state index contributed by atoms with van der Waals surface area (Å²) in [6.07, 6.45) is 5.38. The Hall–Kier alpha value is -0.340. The number of nitrogens with one attached hydrogen (secondary N) is 1. The van der Waals surface area contributed by atoms with Crippen molar-refractivity contribution in [2.45, 2.75) is 38.6 Å². The Morgan fingerprint density at radius 1 is 1.38 bits per heavy atom. The van der Waals surface area contributed by atoms with Gasteiger partial charge in [-0.3, -0.25) is 0 Å². The van der Waals surface area contributed by atoms with Crippen LogP contribution in [0, 0.1) is 5.92 Å². The second-order valence-corrected chi connectivity index (χ2v) is 5.51. The predicted molar refractivity (Wildman–Crippen MR) is 72.7 cm³/mol. The fraction of sp³-hybridized carbons (Fsp3) is 0.571. The van der Waals surface area contributed by atoms with Crippen LogP contribution in [0.25, 0.3) is 0 Å². The third-order valence-corrected chi connectivity index (χ3v) is 4.36. The summed E-state index contributed by atoms with van der Waals surface area (Å²) in [7, 11) is 0. The topological polar surface area (TPSA) is 12.0 Å². The maximum atomic E-state index is 3.64. The molecule has 1 aliphatic carbocycles. The van der Waals surface area contributed by atoms with Crippen molar-refractivity contribution in [1.29, 1.82) is 0 Å². The van der Waals surface area contributed by atoms with Gasteiger partial charge in [-0.05, 0) is 43.4 Å². The summed E-state index contributed by atoms with van der Waals surface area (Å²) in [6, 6.07) is 9.24. The number of hydrogen-bond acceptors (Lipinski definition) is 1. The molecule has 0 aliphatic heterocycles. The monoisotopic (exact) mass is 281 g/mol. The third-order valence-electron chi connectivity index (χ3n) is 3.58. The van der Waals surface area contributed by atoms with E-state index in [1.807, 2.05) is 0 Å². The minimum atomic E-state index is 0.664. The Labute approximate surface area is 107 Å². The molecule has 1 atom stereocenters. The van der Waals surface area contributed by atoms with Crippen LogP contribution in [-0.4, -0.2) is 12.6 Å². The van der Waals surface area contributed by atoms with Crippen LogP contribution in [0.4, 0.5) is 0 Å². The minimum Gasteiger partial charge on any atom is -0.314 e. The van der Waals surface area contributed by atoms with E-state index in [1.54, 1.807) is 0 Å². The van der Waals surface area contributed by atoms with Gasteiger partial charge in [-0.2, -0.15) is 0 Å². The standard InChI is InChI=1S/C14H20BrN/c1-2-16-14(11-7-5-8-11)10-12-6-3-4-9-13(12)15/h3-4,6,9,11,14,16H,2,5,7-8,10H2,1H3. The molecule has 1 N–H and O–H groups in total. The first kappa shape index (κ1) is 12.1. The van der Waals surface area contributed by atoms with Crippen LogP contribution in [0.2, 0.25) is 0 Å². The van der Waals surface area contributed by atoms with Crippen LogP contribution < -0.4 is 5.32 Å². The fourth-order valence-corrected chi connectivity index (χ4v) is 2.86. The fourth-order valence-electron chi connectivity index (χ4n) is 2.41. The molecule has 1 aromatic rings. The summed E-state index contributed by atoms with van der Waals surface area (Å²) in [5.74, 6) is 0.895. The zero-order valence-corrected chi connectivity index (χ0v) is 11.5. The molecule has 0 bridgehead atoms. The highest BCUT2D eigenvalue weighted by Crippen LogP contribution is 2.32. The Morgan fingerprint density at radius 2 is 2.12 bits per heavy atom. The van der Waals surface area contributed by atoms with E-state index in [0.29, 0.717) is 6.04 Å². The molecule has 0 amide bonds. The molecule has 1 fully saturated rings. The largest absolute Gasteiger partial charge is 0.314 e. The van der Waals surface area contributed by atoms with E-state index in [4.69, 9.17) is 0 Å². The van der Waals surface area contributed by atoms with Gasteiger partial charge >= 0.3 is 0 Å². The molecule has 1 unspecified atom stereocenters. The van der Waals surface area contributed by atoms with E-state index in [1.165, 1.54) is 29.3 Å². The molecule has 1 aliphatic rings. The van der Waals surface area contributed by atoms with Gasteiger partial charge in [0.2, 0.25) is 0 Å². The molecule has 16 heavy (non-hydrogen) atoms. The summed E-state index contributed by atoms with van der Waals surface area (Å²) in [5.41, 5.74) is 1.43. The molecule has 0 spiro atoms. The van der Waals surface area contributed by atoms with Gasteiger partial charge in [-0.15, -0.1) is 0 Å². The average Bonchev–Trinajstić information content (AvgIpc) is 2.19. The summed E-state index contributed by atoms with van der Waals surface area (Å²) >= 11 is 3.64. The number of likely N-dealkylation sites (N-methyl/N-ethyl adjacent to an activating group) is 1. The highest BCUT2D eigenvalue weighted by atomic mass is 79.9. The van der Waals surface area contributed by atoms with Gasteiger partial charge in [-0.25, -0.2) is 0 Å². The van der Waals surface area contributed by atoms with Crippen molar-refractivity contribution in [3.8, 4) is 0 Å².